The van der Waals surface area contributed by atoms with Crippen LogP contribution in [0.25, 0.3) is 0 Å². The first-order valence-corrected chi connectivity index (χ1v) is 7.32. The molecule has 0 aliphatic rings. The van der Waals surface area contributed by atoms with Gasteiger partial charge < -0.3 is 16.0 Å². The minimum absolute atomic E-state index is 0.160. The Labute approximate surface area is 146 Å². The second-order valence-corrected chi connectivity index (χ2v) is 5.25. The van der Waals surface area contributed by atoms with Gasteiger partial charge >= 0.3 is 18.0 Å². The molecule has 0 bridgehead atoms. The summed E-state index contributed by atoms with van der Waals surface area (Å²) in [5.74, 6) is -2.51. The van der Waals surface area contributed by atoms with Crippen LogP contribution in [0.2, 0.25) is 0 Å². The normalized spacial score (nSPS) is 10.8. The third-order valence-electron chi connectivity index (χ3n) is 3.09. The van der Waals surface area contributed by atoms with E-state index in [2.05, 4.69) is 16.0 Å². The summed E-state index contributed by atoms with van der Waals surface area (Å²) in [6.07, 6.45) is -4.56. The van der Waals surface area contributed by atoms with Crippen LogP contribution in [0.3, 0.4) is 0 Å². The van der Waals surface area contributed by atoms with Crippen molar-refractivity contribution in [3.05, 3.63) is 54.1 Å². The molecule has 0 aromatic heterocycles. The van der Waals surface area contributed by atoms with Crippen LogP contribution in [0.1, 0.15) is 12.5 Å². The number of amides is 3. The Hall–Kier alpha value is -3.36. The summed E-state index contributed by atoms with van der Waals surface area (Å²) in [5.41, 5.74) is -0.459. The molecule has 136 valence electrons. The van der Waals surface area contributed by atoms with Crippen molar-refractivity contribution in [2.75, 3.05) is 16.0 Å². The van der Waals surface area contributed by atoms with Gasteiger partial charge in [0.15, 0.2) is 0 Å². The van der Waals surface area contributed by atoms with Crippen LogP contribution in [0, 0.1) is 0 Å². The SMILES string of the molecule is CC(=O)Nc1cccc(NC(=O)C(=O)Nc2cccc(C(F)(F)F)c2)c1. The predicted molar refractivity (Wildman–Crippen MR) is 89.4 cm³/mol. The number of benzene rings is 2. The Morgan fingerprint density at radius 1 is 0.769 bits per heavy atom. The van der Waals surface area contributed by atoms with Gasteiger partial charge in [0.25, 0.3) is 0 Å². The lowest BCUT2D eigenvalue weighted by atomic mass is 10.2. The van der Waals surface area contributed by atoms with Crippen LogP contribution in [-0.4, -0.2) is 17.7 Å². The van der Waals surface area contributed by atoms with Crippen molar-refractivity contribution in [3.8, 4) is 0 Å². The molecule has 0 unspecified atom stereocenters. The molecule has 3 N–H and O–H groups in total. The summed E-state index contributed by atoms with van der Waals surface area (Å²) < 4.78 is 38.0. The van der Waals surface area contributed by atoms with Crippen molar-refractivity contribution in [1.29, 1.82) is 0 Å². The zero-order valence-corrected chi connectivity index (χ0v) is 13.5. The lowest BCUT2D eigenvalue weighted by molar-refractivity contribution is -0.137. The Morgan fingerprint density at radius 2 is 1.23 bits per heavy atom. The third-order valence-corrected chi connectivity index (χ3v) is 3.09. The van der Waals surface area contributed by atoms with Crippen LogP contribution >= 0.6 is 0 Å². The fourth-order valence-corrected chi connectivity index (χ4v) is 2.03. The number of hydrogen-bond donors (Lipinski definition) is 3. The van der Waals surface area contributed by atoms with E-state index in [0.29, 0.717) is 5.69 Å². The van der Waals surface area contributed by atoms with Gasteiger partial charge in [-0.1, -0.05) is 12.1 Å². The Balaban J connectivity index is 2.04. The first kappa shape index (κ1) is 19.0. The highest BCUT2D eigenvalue weighted by atomic mass is 19.4. The molecule has 0 spiro atoms. The van der Waals surface area contributed by atoms with E-state index < -0.39 is 23.6 Å². The van der Waals surface area contributed by atoms with E-state index in [1.54, 1.807) is 12.1 Å². The molecule has 3 amide bonds. The van der Waals surface area contributed by atoms with Crippen molar-refractivity contribution < 1.29 is 27.6 Å². The fourth-order valence-electron chi connectivity index (χ4n) is 2.03. The minimum Gasteiger partial charge on any atom is -0.326 e. The topological polar surface area (TPSA) is 87.3 Å². The van der Waals surface area contributed by atoms with Crippen LogP contribution in [0.15, 0.2) is 48.5 Å². The van der Waals surface area contributed by atoms with E-state index in [1.807, 2.05) is 0 Å². The monoisotopic (exact) mass is 365 g/mol. The highest BCUT2D eigenvalue weighted by molar-refractivity contribution is 6.43. The molecule has 0 fully saturated rings. The average Bonchev–Trinajstić information content (AvgIpc) is 2.54. The van der Waals surface area contributed by atoms with E-state index in [-0.39, 0.29) is 17.3 Å². The number of hydrogen-bond acceptors (Lipinski definition) is 3. The van der Waals surface area contributed by atoms with Crippen molar-refractivity contribution in [3.63, 3.8) is 0 Å². The molecule has 0 aliphatic carbocycles. The Kier molecular flexibility index (Phi) is 5.61. The average molecular weight is 365 g/mol. The summed E-state index contributed by atoms with van der Waals surface area (Å²) in [5, 5.41) is 6.91. The number of rotatable bonds is 3. The maximum atomic E-state index is 12.7. The molecular formula is C17H14F3N3O3. The van der Waals surface area contributed by atoms with Gasteiger partial charge in [-0.25, -0.2) is 0 Å². The highest BCUT2D eigenvalue weighted by Crippen LogP contribution is 2.30. The van der Waals surface area contributed by atoms with Gasteiger partial charge in [-0.05, 0) is 36.4 Å². The molecule has 26 heavy (non-hydrogen) atoms. The van der Waals surface area contributed by atoms with Crippen molar-refractivity contribution in [1.82, 2.24) is 0 Å². The lowest BCUT2D eigenvalue weighted by Crippen LogP contribution is -2.29. The molecule has 2 aromatic carbocycles. The summed E-state index contributed by atoms with van der Waals surface area (Å²) in [6.45, 7) is 1.31. The molecule has 2 aromatic rings. The molecule has 0 heterocycles. The van der Waals surface area contributed by atoms with Crippen molar-refractivity contribution in [2.24, 2.45) is 0 Å². The molecular weight excluding hydrogens is 351 g/mol. The predicted octanol–water partition coefficient (Wildman–Crippen LogP) is 3.24. The number of alkyl halides is 3. The molecule has 0 saturated heterocycles. The van der Waals surface area contributed by atoms with Crippen LogP contribution in [0.4, 0.5) is 30.2 Å². The van der Waals surface area contributed by atoms with E-state index >= 15 is 0 Å². The standard InChI is InChI=1S/C17H14F3N3O3/c1-10(24)21-13-6-3-7-14(9-13)23-16(26)15(25)22-12-5-2-4-11(8-12)17(18,19)20/h2-9H,1H3,(H,21,24)(H,22,25)(H,23,26). The molecule has 0 aliphatic heterocycles. The number of carbonyl (C=O) groups is 3. The number of carbonyl (C=O) groups excluding carboxylic acids is 3. The van der Waals surface area contributed by atoms with Gasteiger partial charge in [-0.3, -0.25) is 14.4 Å². The largest absolute Gasteiger partial charge is 0.416 e. The van der Waals surface area contributed by atoms with Gasteiger partial charge in [-0.2, -0.15) is 13.2 Å². The second kappa shape index (κ2) is 7.68. The summed E-state index contributed by atoms with van der Waals surface area (Å²) in [7, 11) is 0. The van der Waals surface area contributed by atoms with E-state index in [0.717, 1.165) is 18.2 Å². The molecule has 0 saturated carbocycles. The van der Waals surface area contributed by atoms with Gasteiger partial charge in [0.1, 0.15) is 0 Å². The van der Waals surface area contributed by atoms with Gasteiger partial charge in [0.05, 0.1) is 5.56 Å². The maximum Gasteiger partial charge on any atom is 0.416 e. The number of anilines is 3. The zero-order valence-electron chi connectivity index (χ0n) is 13.5. The summed E-state index contributed by atoms with van der Waals surface area (Å²) in [4.78, 5) is 34.8. The van der Waals surface area contributed by atoms with E-state index in [4.69, 9.17) is 0 Å². The van der Waals surface area contributed by atoms with E-state index in [1.165, 1.54) is 25.1 Å². The van der Waals surface area contributed by atoms with Crippen LogP contribution in [-0.2, 0) is 20.6 Å². The summed E-state index contributed by atoms with van der Waals surface area (Å²) in [6, 6.07) is 9.97. The molecule has 2 rings (SSSR count). The third kappa shape index (κ3) is 5.33. The highest BCUT2D eigenvalue weighted by Gasteiger charge is 2.30. The quantitative estimate of drug-likeness (QED) is 0.730. The summed E-state index contributed by atoms with van der Waals surface area (Å²) >= 11 is 0. The number of halogens is 3. The second-order valence-electron chi connectivity index (χ2n) is 5.25. The zero-order chi connectivity index (χ0) is 19.3. The molecule has 9 heteroatoms. The first-order chi connectivity index (χ1) is 12.1. The van der Waals surface area contributed by atoms with Gasteiger partial charge in [-0.15, -0.1) is 0 Å². The molecule has 0 radical (unpaired) electrons. The number of nitrogens with one attached hydrogen (secondary N) is 3. The van der Waals surface area contributed by atoms with Crippen LogP contribution < -0.4 is 16.0 Å². The van der Waals surface area contributed by atoms with Gasteiger partial charge in [0, 0.05) is 24.0 Å². The van der Waals surface area contributed by atoms with Crippen molar-refractivity contribution in [2.45, 2.75) is 13.1 Å². The van der Waals surface area contributed by atoms with E-state index in [9.17, 15) is 27.6 Å². The minimum atomic E-state index is -4.56. The lowest BCUT2D eigenvalue weighted by Gasteiger charge is -2.10. The van der Waals surface area contributed by atoms with Crippen molar-refractivity contribution >= 4 is 34.8 Å². The van der Waals surface area contributed by atoms with Crippen LogP contribution in [0.5, 0.6) is 0 Å². The maximum absolute atomic E-state index is 12.7. The van der Waals surface area contributed by atoms with Gasteiger partial charge in [0.2, 0.25) is 5.91 Å². The first-order valence-electron chi connectivity index (χ1n) is 7.32. The smallest absolute Gasteiger partial charge is 0.326 e. The Bertz CT molecular complexity index is 850. The molecule has 6 nitrogen and oxygen atoms in total. The molecule has 0 atom stereocenters. The fraction of sp³-hybridized carbons (Fsp3) is 0.118. The Morgan fingerprint density at radius 3 is 1.73 bits per heavy atom.